The second-order valence-corrected chi connectivity index (χ2v) is 7.12. The number of furan rings is 1. The highest BCUT2D eigenvalue weighted by Crippen LogP contribution is 2.66. The summed E-state index contributed by atoms with van der Waals surface area (Å²) >= 11 is 0. The normalized spacial score (nSPS) is 34.4. The summed E-state index contributed by atoms with van der Waals surface area (Å²) in [6.07, 6.45) is 4.23. The zero-order valence-electron chi connectivity index (χ0n) is 12.9. The zero-order chi connectivity index (χ0) is 14.5. The summed E-state index contributed by atoms with van der Waals surface area (Å²) in [5.41, 5.74) is 0.364. The van der Waals surface area contributed by atoms with Gasteiger partial charge in [0.15, 0.2) is 0 Å². The second-order valence-electron chi connectivity index (χ2n) is 7.12. The van der Waals surface area contributed by atoms with Gasteiger partial charge in [0.25, 0.3) is 0 Å². The Bertz CT molecular complexity index is 528. The zero-order valence-corrected chi connectivity index (χ0v) is 12.9. The van der Waals surface area contributed by atoms with Crippen LogP contribution in [-0.2, 0) is 11.2 Å². The maximum Gasteiger partial charge on any atom is 0.374 e. The molecule has 3 atom stereocenters. The van der Waals surface area contributed by atoms with Crippen molar-refractivity contribution in [2.75, 3.05) is 0 Å². The average molecular weight is 276 g/mol. The molecule has 0 radical (unpaired) electrons. The summed E-state index contributed by atoms with van der Waals surface area (Å²) in [7, 11) is 0. The Hall–Kier alpha value is -1.25. The van der Waals surface area contributed by atoms with Crippen molar-refractivity contribution < 1.29 is 13.9 Å². The van der Waals surface area contributed by atoms with Crippen molar-refractivity contribution in [2.24, 2.45) is 16.7 Å². The van der Waals surface area contributed by atoms with Crippen LogP contribution in [0.5, 0.6) is 0 Å². The van der Waals surface area contributed by atoms with Crippen molar-refractivity contribution in [1.82, 2.24) is 0 Å². The van der Waals surface area contributed by atoms with Crippen LogP contribution in [0.15, 0.2) is 16.5 Å². The molecule has 2 bridgehead atoms. The molecule has 2 fully saturated rings. The van der Waals surface area contributed by atoms with Gasteiger partial charge >= 0.3 is 5.97 Å². The molecule has 3 heteroatoms. The minimum absolute atomic E-state index is 0.0268. The molecular weight excluding hydrogens is 252 g/mol. The van der Waals surface area contributed by atoms with E-state index < -0.39 is 0 Å². The SMILES string of the molecule is CCc1ccc(C(=O)OC2CC3CCC2(C)C3(C)C)o1. The number of carbonyl (C=O) groups excluding carboxylic acids is 1. The minimum Gasteiger partial charge on any atom is -0.456 e. The molecule has 3 nitrogen and oxygen atoms in total. The highest BCUT2D eigenvalue weighted by atomic mass is 16.6. The van der Waals surface area contributed by atoms with Crippen molar-refractivity contribution in [3.05, 3.63) is 23.7 Å². The second kappa shape index (κ2) is 4.37. The third-order valence-corrected chi connectivity index (χ3v) is 6.17. The highest BCUT2D eigenvalue weighted by Gasteiger charge is 2.62. The molecule has 20 heavy (non-hydrogen) atoms. The van der Waals surface area contributed by atoms with Gasteiger partial charge in [0.2, 0.25) is 5.76 Å². The summed E-state index contributed by atoms with van der Waals surface area (Å²) in [4.78, 5) is 12.2. The van der Waals surface area contributed by atoms with Crippen LogP contribution in [0.2, 0.25) is 0 Å². The third kappa shape index (κ3) is 1.75. The summed E-state index contributed by atoms with van der Waals surface area (Å²) in [6.45, 7) is 8.92. The first kappa shape index (κ1) is 13.7. The minimum atomic E-state index is -0.306. The number of rotatable bonds is 3. The third-order valence-electron chi connectivity index (χ3n) is 6.17. The van der Waals surface area contributed by atoms with E-state index in [0.29, 0.717) is 11.7 Å². The van der Waals surface area contributed by atoms with Gasteiger partial charge in [0, 0.05) is 11.8 Å². The van der Waals surface area contributed by atoms with Gasteiger partial charge in [0.1, 0.15) is 11.9 Å². The van der Waals surface area contributed by atoms with Crippen LogP contribution in [0.3, 0.4) is 0 Å². The van der Waals surface area contributed by atoms with Crippen LogP contribution in [0, 0.1) is 16.7 Å². The van der Waals surface area contributed by atoms with Crippen LogP contribution < -0.4 is 0 Å². The van der Waals surface area contributed by atoms with Crippen LogP contribution in [-0.4, -0.2) is 12.1 Å². The molecule has 1 aromatic heterocycles. The topological polar surface area (TPSA) is 39.4 Å². The van der Waals surface area contributed by atoms with E-state index in [1.54, 1.807) is 6.07 Å². The standard InChI is InChI=1S/C17H24O3/c1-5-12-6-7-13(19-12)15(18)20-14-10-11-8-9-17(14,4)16(11,2)3/h6-7,11,14H,5,8-10H2,1-4H3. The lowest BCUT2D eigenvalue weighted by Crippen LogP contribution is -2.38. The van der Waals surface area contributed by atoms with Gasteiger partial charge in [-0.05, 0) is 42.7 Å². The summed E-state index contributed by atoms with van der Waals surface area (Å²) in [6, 6.07) is 3.57. The van der Waals surface area contributed by atoms with E-state index in [1.807, 2.05) is 13.0 Å². The van der Waals surface area contributed by atoms with Gasteiger partial charge in [-0.15, -0.1) is 0 Å². The first-order valence-electron chi connectivity index (χ1n) is 7.68. The van der Waals surface area contributed by atoms with Crippen LogP contribution in [0.25, 0.3) is 0 Å². The smallest absolute Gasteiger partial charge is 0.374 e. The summed E-state index contributed by atoms with van der Waals surface area (Å²) in [5, 5.41) is 0. The Morgan fingerprint density at radius 2 is 2.15 bits per heavy atom. The summed E-state index contributed by atoms with van der Waals surface area (Å²) in [5.74, 6) is 1.54. The Kier molecular flexibility index (Phi) is 3.00. The number of esters is 1. The molecule has 3 unspecified atom stereocenters. The van der Waals surface area contributed by atoms with Crippen LogP contribution in [0.4, 0.5) is 0 Å². The van der Waals surface area contributed by atoms with E-state index in [4.69, 9.17) is 9.15 Å². The molecular formula is C17H24O3. The Labute approximate surface area is 120 Å². The molecule has 0 aliphatic heterocycles. The first-order chi connectivity index (χ1) is 9.38. The van der Waals surface area contributed by atoms with Gasteiger partial charge in [-0.2, -0.15) is 0 Å². The van der Waals surface area contributed by atoms with Crippen molar-refractivity contribution in [3.8, 4) is 0 Å². The van der Waals surface area contributed by atoms with Gasteiger partial charge in [-0.1, -0.05) is 27.7 Å². The quantitative estimate of drug-likeness (QED) is 0.776. The van der Waals surface area contributed by atoms with E-state index in [0.717, 1.165) is 25.0 Å². The van der Waals surface area contributed by atoms with E-state index in [-0.39, 0.29) is 22.9 Å². The number of hydrogen-bond donors (Lipinski definition) is 0. The lowest BCUT2D eigenvalue weighted by atomic mass is 9.70. The average Bonchev–Trinajstić information content (AvgIpc) is 3.01. The first-order valence-corrected chi connectivity index (χ1v) is 7.68. The molecule has 0 aromatic carbocycles. The predicted octanol–water partition coefficient (Wildman–Crippen LogP) is 4.21. The number of carbonyl (C=O) groups is 1. The van der Waals surface area contributed by atoms with Crippen molar-refractivity contribution in [1.29, 1.82) is 0 Å². The molecule has 0 amide bonds. The fraction of sp³-hybridized carbons (Fsp3) is 0.706. The van der Waals surface area contributed by atoms with Gasteiger partial charge < -0.3 is 9.15 Å². The molecule has 0 spiro atoms. The molecule has 2 aliphatic carbocycles. The molecule has 3 rings (SSSR count). The maximum absolute atomic E-state index is 12.2. The number of ether oxygens (including phenoxy) is 1. The Balaban J connectivity index is 1.75. The largest absolute Gasteiger partial charge is 0.456 e. The lowest BCUT2D eigenvalue weighted by Gasteiger charge is -2.38. The lowest BCUT2D eigenvalue weighted by molar-refractivity contribution is -0.0266. The fourth-order valence-corrected chi connectivity index (χ4v) is 4.17. The molecule has 0 saturated heterocycles. The Morgan fingerprint density at radius 1 is 1.40 bits per heavy atom. The van der Waals surface area contributed by atoms with E-state index in [2.05, 4.69) is 20.8 Å². The molecule has 0 N–H and O–H groups in total. The van der Waals surface area contributed by atoms with Crippen molar-refractivity contribution in [2.45, 2.75) is 59.5 Å². The molecule has 2 aliphatic rings. The van der Waals surface area contributed by atoms with Gasteiger partial charge in [-0.3, -0.25) is 0 Å². The maximum atomic E-state index is 12.2. The molecule has 2 saturated carbocycles. The molecule has 1 heterocycles. The molecule has 1 aromatic rings. The van der Waals surface area contributed by atoms with Crippen molar-refractivity contribution >= 4 is 5.97 Å². The van der Waals surface area contributed by atoms with Crippen LogP contribution >= 0.6 is 0 Å². The summed E-state index contributed by atoms with van der Waals surface area (Å²) < 4.78 is 11.3. The number of fused-ring (bicyclic) bond motifs is 2. The Morgan fingerprint density at radius 3 is 2.65 bits per heavy atom. The number of aryl methyl sites for hydroxylation is 1. The fourth-order valence-electron chi connectivity index (χ4n) is 4.17. The van der Waals surface area contributed by atoms with E-state index in [9.17, 15) is 4.79 Å². The monoisotopic (exact) mass is 276 g/mol. The van der Waals surface area contributed by atoms with Gasteiger partial charge in [0.05, 0.1) is 0 Å². The number of hydrogen-bond acceptors (Lipinski definition) is 3. The van der Waals surface area contributed by atoms with E-state index >= 15 is 0 Å². The molecule has 110 valence electrons. The highest BCUT2D eigenvalue weighted by molar-refractivity contribution is 5.86. The van der Waals surface area contributed by atoms with Crippen molar-refractivity contribution in [3.63, 3.8) is 0 Å². The van der Waals surface area contributed by atoms with E-state index in [1.165, 1.54) is 6.42 Å². The predicted molar refractivity (Wildman–Crippen MR) is 76.5 cm³/mol. The van der Waals surface area contributed by atoms with Crippen LogP contribution in [0.1, 0.15) is 63.3 Å². The van der Waals surface area contributed by atoms with Gasteiger partial charge in [-0.25, -0.2) is 4.79 Å².